The third-order valence-electron chi connectivity index (χ3n) is 5.75. The third kappa shape index (κ3) is 2.98. The second kappa shape index (κ2) is 6.84. The van der Waals surface area contributed by atoms with E-state index in [9.17, 15) is 24.3 Å². The van der Waals surface area contributed by atoms with E-state index in [0.29, 0.717) is 24.2 Å². The molecule has 150 valence electrons. The number of carbonyl (C=O) groups excluding carboxylic acids is 3. The average Bonchev–Trinajstić information content (AvgIpc) is 3.02. The number of hydrogen-bond acceptors (Lipinski definition) is 4. The molecule has 3 aliphatic heterocycles. The number of carbonyl (C=O) groups is 4. The number of β-lactam (4-membered cyclic amide) rings is 1. The number of nitrogens with zero attached hydrogens (tertiary/aromatic N) is 3. The van der Waals surface area contributed by atoms with Crippen LogP contribution in [0.1, 0.15) is 19.0 Å². The largest absolute Gasteiger partial charge is 0.477 e. The summed E-state index contributed by atoms with van der Waals surface area (Å²) in [6.45, 7) is 1.85. The van der Waals surface area contributed by atoms with E-state index in [-0.39, 0.29) is 36.0 Å². The van der Waals surface area contributed by atoms with Crippen LogP contribution in [-0.4, -0.2) is 57.2 Å². The van der Waals surface area contributed by atoms with Crippen molar-refractivity contribution >= 4 is 29.8 Å². The molecule has 2 fully saturated rings. The summed E-state index contributed by atoms with van der Waals surface area (Å²) in [6, 6.07) is 4.52. The first-order valence-corrected chi connectivity index (χ1v) is 9.31. The smallest absolute Gasteiger partial charge is 0.352 e. The zero-order valence-electron chi connectivity index (χ0n) is 15.8. The molecule has 3 atom stereocenters. The fraction of sp³-hybridized carbons (Fsp3) is 0.350. The fourth-order valence-electron chi connectivity index (χ4n) is 4.58. The second-order valence-electron chi connectivity index (χ2n) is 7.51. The maximum atomic E-state index is 12.6. The summed E-state index contributed by atoms with van der Waals surface area (Å²) >= 11 is 0. The number of carboxylic acid groups (broad SMARTS) is 1. The number of aromatic nitrogens is 1. The summed E-state index contributed by atoms with van der Waals surface area (Å²) < 4.78 is 1.66. The Bertz CT molecular complexity index is 998. The SMILES string of the molecule is CC(=O)N1C[C@H]2CC(/C=C/c3cccc[n+]3CC(N)=O)=C(C(=O)O)N3C(=O)[C@@H]1[C@@H]23. The van der Waals surface area contributed by atoms with Crippen molar-refractivity contribution in [3.8, 4) is 0 Å². The van der Waals surface area contributed by atoms with Gasteiger partial charge in [-0.2, -0.15) is 4.57 Å². The van der Waals surface area contributed by atoms with E-state index in [1.54, 1.807) is 41.1 Å². The second-order valence-corrected chi connectivity index (χ2v) is 7.51. The molecule has 0 spiro atoms. The number of aliphatic carboxylic acids is 1. The summed E-state index contributed by atoms with van der Waals surface area (Å²) in [4.78, 5) is 50.6. The lowest BCUT2D eigenvalue weighted by Gasteiger charge is -2.49. The van der Waals surface area contributed by atoms with Crippen LogP contribution in [0.25, 0.3) is 6.08 Å². The van der Waals surface area contributed by atoms with Crippen molar-refractivity contribution in [2.75, 3.05) is 6.54 Å². The monoisotopic (exact) mass is 397 g/mol. The van der Waals surface area contributed by atoms with Crippen LogP contribution in [0.5, 0.6) is 0 Å². The Morgan fingerprint density at radius 3 is 2.72 bits per heavy atom. The summed E-state index contributed by atoms with van der Waals surface area (Å²) in [7, 11) is 0. The lowest BCUT2D eigenvalue weighted by molar-refractivity contribution is -0.686. The summed E-state index contributed by atoms with van der Waals surface area (Å²) in [6.07, 6.45) is 5.54. The predicted octanol–water partition coefficient (Wildman–Crippen LogP) is -0.727. The van der Waals surface area contributed by atoms with Gasteiger partial charge in [-0.1, -0.05) is 6.08 Å². The zero-order valence-corrected chi connectivity index (χ0v) is 15.8. The minimum absolute atomic E-state index is 0.00198. The molecule has 1 aromatic rings. The Kier molecular flexibility index (Phi) is 4.45. The molecule has 3 N–H and O–H groups in total. The molecule has 3 amide bonds. The standard InChI is InChI=1S/C20H20N4O5/c1-11(25)23-9-13-8-12(17(20(28)29)24-16(13)18(23)19(24)27)5-6-14-4-2-3-7-22(14)10-15(21)26/h2-7,13,16,18H,8-10H2,1H3,(H2-,21,26,28,29)/p+1/t13-,16-,18+/m1/s1. The molecule has 29 heavy (non-hydrogen) atoms. The maximum Gasteiger partial charge on any atom is 0.352 e. The molecule has 1 aromatic heterocycles. The van der Waals surface area contributed by atoms with Gasteiger partial charge >= 0.3 is 5.97 Å². The molecule has 0 aliphatic carbocycles. The molecule has 4 heterocycles. The number of carboxylic acids is 1. The van der Waals surface area contributed by atoms with Crippen LogP contribution in [-0.2, 0) is 25.7 Å². The molecule has 0 bridgehead atoms. The number of pyridine rings is 1. The number of allylic oxidation sites excluding steroid dienone is 2. The zero-order chi connectivity index (χ0) is 20.9. The summed E-state index contributed by atoms with van der Waals surface area (Å²) in [5.74, 6) is -2.19. The molecule has 4 rings (SSSR count). The number of amides is 3. The van der Waals surface area contributed by atoms with Crippen molar-refractivity contribution in [1.82, 2.24) is 9.80 Å². The van der Waals surface area contributed by atoms with Gasteiger partial charge in [0.1, 0.15) is 11.7 Å². The van der Waals surface area contributed by atoms with Crippen molar-refractivity contribution in [2.45, 2.75) is 32.0 Å². The number of likely N-dealkylation sites (tertiary alicyclic amines) is 1. The molecule has 9 heteroatoms. The van der Waals surface area contributed by atoms with Gasteiger partial charge in [0.05, 0.1) is 6.04 Å². The fourth-order valence-corrected chi connectivity index (χ4v) is 4.58. The predicted molar refractivity (Wildman–Crippen MR) is 99.4 cm³/mol. The van der Waals surface area contributed by atoms with Gasteiger partial charge in [0.25, 0.3) is 11.8 Å². The maximum absolute atomic E-state index is 12.6. The van der Waals surface area contributed by atoms with Crippen LogP contribution in [0.3, 0.4) is 0 Å². The van der Waals surface area contributed by atoms with Crippen molar-refractivity contribution in [3.05, 3.63) is 47.4 Å². The molecular weight excluding hydrogens is 376 g/mol. The Hall–Kier alpha value is -3.49. The van der Waals surface area contributed by atoms with E-state index in [1.165, 1.54) is 16.7 Å². The highest BCUT2D eigenvalue weighted by atomic mass is 16.4. The highest BCUT2D eigenvalue weighted by Crippen LogP contribution is 2.47. The van der Waals surface area contributed by atoms with Crippen molar-refractivity contribution < 1.29 is 28.9 Å². The molecule has 0 aromatic carbocycles. The van der Waals surface area contributed by atoms with E-state index >= 15 is 0 Å². The molecule has 0 radical (unpaired) electrons. The first-order chi connectivity index (χ1) is 13.8. The number of primary amides is 1. The molecule has 0 unspecified atom stereocenters. The van der Waals surface area contributed by atoms with Crippen LogP contribution in [0.2, 0.25) is 0 Å². The first-order valence-electron chi connectivity index (χ1n) is 9.31. The van der Waals surface area contributed by atoms with Gasteiger partial charge in [-0.15, -0.1) is 0 Å². The minimum atomic E-state index is -1.17. The molecule has 2 saturated heterocycles. The van der Waals surface area contributed by atoms with E-state index in [2.05, 4.69) is 0 Å². The first kappa shape index (κ1) is 18.9. The van der Waals surface area contributed by atoms with Crippen LogP contribution in [0, 0.1) is 5.92 Å². The number of rotatable bonds is 5. The lowest BCUT2D eigenvalue weighted by Crippen LogP contribution is -2.69. The Morgan fingerprint density at radius 1 is 1.31 bits per heavy atom. The van der Waals surface area contributed by atoms with Gasteiger partial charge in [0.2, 0.25) is 18.1 Å². The van der Waals surface area contributed by atoms with Crippen LogP contribution in [0.15, 0.2) is 41.7 Å². The topological polar surface area (TPSA) is 125 Å². The van der Waals surface area contributed by atoms with Gasteiger partial charge in [-0.3, -0.25) is 19.3 Å². The minimum Gasteiger partial charge on any atom is -0.477 e. The van der Waals surface area contributed by atoms with Gasteiger partial charge in [0.15, 0.2) is 6.20 Å². The van der Waals surface area contributed by atoms with E-state index in [4.69, 9.17) is 5.73 Å². The summed E-state index contributed by atoms with van der Waals surface area (Å²) in [5.41, 5.74) is 6.44. The molecule has 0 saturated carbocycles. The van der Waals surface area contributed by atoms with E-state index in [0.717, 1.165) is 0 Å². The van der Waals surface area contributed by atoms with Crippen LogP contribution in [0.4, 0.5) is 0 Å². The van der Waals surface area contributed by atoms with E-state index in [1.807, 2.05) is 0 Å². The van der Waals surface area contributed by atoms with Gasteiger partial charge in [-0.05, 0) is 18.1 Å². The highest BCUT2D eigenvalue weighted by molar-refractivity contribution is 6.02. The van der Waals surface area contributed by atoms with Gasteiger partial charge in [0, 0.05) is 37.6 Å². The van der Waals surface area contributed by atoms with Crippen molar-refractivity contribution in [1.29, 1.82) is 0 Å². The Morgan fingerprint density at radius 2 is 2.07 bits per heavy atom. The third-order valence-corrected chi connectivity index (χ3v) is 5.75. The lowest BCUT2D eigenvalue weighted by atomic mass is 9.79. The molecular formula is C20H21N4O5+. The van der Waals surface area contributed by atoms with E-state index < -0.39 is 17.9 Å². The van der Waals surface area contributed by atoms with Crippen molar-refractivity contribution in [2.24, 2.45) is 11.7 Å². The summed E-state index contributed by atoms with van der Waals surface area (Å²) in [5, 5.41) is 9.75. The molecule has 3 aliphatic rings. The quantitative estimate of drug-likeness (QED) is 0.501. The number of nitrogens with two attached hydrogens (primary N) is 1. The average molecular weight is 397 g/mol. The number of hydrogen-bond donors (Lipinski definition) is 2. The van der Waals surface area contributed by atoms with Gasteiger partial charge < -0.3 is 15.7 Å². The Balaban J connectivity index is 1.69. The van der Waals surface area contributed by atoms with Crippen LogP contribution >= 0.6 is 0 Å². The highest BCUT2D eigenvalue weighted by Gasteiger charge is 2.63. The van der Waals surface area contributed by atoms with Crippen LogP contribution < -0.4 is 10.3 Å². The van der Waals surface area contributed by atoms with Gasteiger partial charge in [-0.25, -0.2) is 4.79 Å². The Labute approximate surface area is 166 Å². The normalized spacial score (nSPS) is 25.3. The van der Waals surface area contributed by atoms with Crippen molar-refractivity contribution in [3.63, 3.8) is 0 Å². The molecule has 9 nitrogen and oxygen atoms in total.